The zero-order valence-electron chi connectivity index (χ0n) is 19.1. The molecule has 0 radical (unpaired) electrons. The number of piperazine rings is 1. The average molecular weight is 485 g/mol. The SMILES string of the molecule is COc1ccc(OCCN2CCN(C(=O)c3occc3CS(=O)(=O)c3ccccc3)CC2)cc1. The Morgan fingerprint density at radius 2 is 1.62 bits per heavy atom. The van der Waals surface area contributed by atoms with Gasteiger partial charge in [-0.15, -0.1) is 0 Å². The maximum atomic E-state index is 13.0. The fourth-order valence-corrected chi connectivity index (χ4v) is 5.21. The maximum Gasteiger partial charge on any atom is 0.289 e. The van der Waals surface area contributed by atoms with Crippen molar-refractivity contribution in [3.63, 3.8) is 0 Å². The number of carbonyl (C=O) groups is 1. The van der Waals surface area contributed by atoms with Crippen molar-refractivity contribution in [1.82, 2.24) is 9.80 Å². The van der Waals surface area contributed by atoms with Gasteiger partial charge < -0.3 is 18.8 Å². The van der Waals surface area contributed by atoms with Crippen LogP contribution in [0.25, 0.3) is 0 Å². The molecule has 0 N–H and O–H groups in total. The molecule has 1 saturated heterocycles. The number of furan rings is 1. The van der Waals surface area contributed by atoms with E-state index >= 15 is 0 Å². The highest BCUT2D eigenvalue weighted by Crippen LogP contribution is 2.22. The number of hydrogen-bond acceptors (Lipinski definition) is 7. The summed E-state index contributed by atoms with van der Waals surface area (Å²) in [4.78, 5) is 17.2. The first-order chi connectivity index (χ1) is 16.5. The summed E-state index contributed by atoms with van der Waals surface area (Å²) in [5.74, 6) is 1.10. The number of ether oxygens (including phenoxy) is 2. The topological polar surface area (TPSA) is 89.3 Å². The van der Waals surface area contributed by atoms with Crippen molar-refractivity contribution in [2.24, 2.45) is 0 Å². The van der Waals surface area contributed by atoms with E-state index in [4.69, 9.17) is 13.9 Å². The molecule has 1 aliphatic heterocycles. The predicted octanol–water partition coefficient (Wildman–Crippen LogP) is 3.10. The molecule has 0 unspecified atom stereocenters. The average Bonchev–Trinajstić information content (AvgIpc) is 3.32. The van der Waals surface area contributed by atoms with Crippen molar-refractivity contribution in [3.8, 4) is 11.5 Å². The second-order valence-corrected chi connectivity index (χ2v) is 9.99. The molecule has 34 heavy (non-hydrogen) atoms. The number of rotatable bonds is 9. The van der Waals surface area contributed by atoms with Crippen molar-refractivity contribution in [1.29, 1.82) is 0 Å². The number of amides is 1. The van der Waals surface area contributed by atoms with E-state index in [2.05, 4.69) is 4.90 Å². The van der Waals surface area contributed by atoms with Gasteiger partial charge >= 0.3 is 0 Å². The molecule has 3 aromatic rings. The Morgan fingerprint density at radius 3 is 2.29 bits per heavy atom. The number of methoxy groups -OCH3 is 1. The zero-order valence-corrected chi connectivity index (χ0v) is 19.9. The molecule has 180 valence electrons. The molecule has 2 aromatic carbocycles. The lowest BCUT2D eigenvalue weighted by molar-refractivity contribution is 0.0589. The summed E-state index contributed by atoms with van der Waals surface area (Å²) in [6.45, 7) is 3.77. The van der Waals surface area contributed by atoms with Crippen molar-refractivity contribution in [3.05, 3.63) is 78.3 Å². The molecule has 4 rings (SSSR count). The van der Waals surface area contributed by atoms with Crippen LogP contribution in [-0.2, 0) is 15.6 Å². The molecular formula is C25H28N2O6S. The Kier molecular flexibility index (Phi) is 7.54. The Balaban J connectivity index is 1.28. The monoisotopic (exact) mass is 484 g/mol. The fourth-order valence-electron chi connectivity index (χ4n) is 3.84. The van der Waals surface area contributed by atoms with E-state index in [1.807, 2.05) is 24.3 Å². The molecule has 1 amide bonds. The van der Waals surface area contributed by atoms with Gasteiger partial charge in [-0.1, -0.05) is 18.2 Å². The number of sulfone groups is 1. The van der Waals surface area contributed by atoms with E-state index in [0.717, 1.165) is 18.0 Å². The zero-order chi connectivity index (χ0) is 24.0. The highest BCUT2D eigenvalue weighted by molar-refractivity contribution is 7.90. The second-order valence-electron chi connectivity index (χ2n) is 8.00. The van der Waals surface area contributed by atoms with Gasteiger partial charge in [0.2, 0.25) is 0 Å². The minimum atomic E-state index is -3.58. The first-order valence-electron chi connectivity index (χ1n) is 11.1. The van der Waals surface area contributed by atoms with Crippen LogP contribution in [0.3, 0.4) is 0 Å². The highest BCUT2D eigenvalue weighted by atomic mass is 32.2. The summed E-state index contributed by atoms with van der Waals surface area (Å²) in [6, 6.07) is 17.2. The van der Waals surface area contributed by atoms with Gasteiger partial charge in [0.25, 0.3) is 5.91 Å². The van der Waals surface area contributed by atoms with Gasteiger partial charge in [-0.3, -0.25) is 9.69 Å². The van der Waals surface area contributed by atoms with E-state index in [9.17, 15) is 13.2 Å². The van der Waals surface area contributed by atoms with Crippen LogP contribution in [-0.4, -0.2) is 70.6 Å². The van der Waals surface area contributed by atoms with Crippen LogP contribution in [0.4, 0.5) is 0 Å². The summed E-state index contributed by atoms with van der Waals surface area (Å²) in [5, 5.41) is 0. The Morgan fingerprint density at radius 1 is 0.941 bits per heavy atom. The fraction of sp³-hybridized carbons (Fsp3) is 0.320. The van der Waals surface area contributed by atoms with Crippen LogP contribution < -0.4 is 9.47 Å². The molecular weight excluding hydrogens is 456 g/mol. The molecule has 0 atom stereocenters. The predicted molar refractivity (Wildman–Crippen MR) is 127 cm³/mol. The molecule has 0 aliphatic carbocycles. The molecule has 1 aliphatic rings. The van der Waals surface area contributed by atoms with Crippen molar-refractivity contribution in [2.75, 3.05) is 46.4 Å². The molecule has 1 aromatic heterocycles. The van der Waals surface area contributed by atoms with Crippen LogP contribution in [0.15, 0.2) is 76.2 Å². The molecule has 2 heterocycles. The number of hydrogen-bond donors (Lipinski definition) is 0. The van der Waals surface area contributed by atoms with Gasteiger partial charge in [-0.05, 0) is 42.5 Å². The van der Waals surface area contributed by atoms with E-state index in [1.165, 1.54) is 6.26 Å². The quantitative estimate of drug-likeness (QED) is 0.461. The van der Waals surface area contributed by atoms with Gasteiger partial charge in [-0.2, -0.15) is 0 Å². The minimum Gasteiger partial charge on any atom is -0.497 e. The molecule has 0 spiro atoms. The maximum absolute atomic E-state index is 13.0. The van der Waals surface area contributed by atoms with Gasteiger partial charge in [0.15, 0.2) is 15.6 Å². The third kappa shape index (κ3) is 5.78. The summed E-state index contributed by atoms with van der Waals surface area (Å²) in [6.07, 6.45) is 1.37. The summed E-state index contributed by atoms with van der Waals surface area (Å²) < 4.78 is 41.8. The number of nitrogens with zero attached hydrogens (tertiary/aromatic N) is 2. The molecule has 0 bridgehead atoms. The lowest BCUT2D eigenvalue weighted by Crippen LogP contribution is -2.49. The third-order valence-electron chi connectivity index (χ3n) is 5.78. The molecule has 1 fully saturated rings. The number of benzene rings is 2. The largest absolute Gasteiger partial charge is 0.497 e. The third-order valence-corrected chi connectivity index (χ3v) is 7.47. The van der Waals surface area contributed by atoms with Gasteiger partial charge in [0.1, 0.15) is 18.1 Å². The Labute approximate surface area is 199 Å². The van der Waals surface area contributed by atoms with E-state index in [-0.39, 0.29) is 22.3 Å². The van der Waals surface area contributed by atoms with Crippen molar-refractivity contribution in [2.45, 2.75) is 10.6 Å². The van der Waals surface area contributed by atoms with Gasteiger partial charge in [-0.25, -0.2) is 8.42 Å². The van der Waals surface area contributed by atoms with Crippen molar-refractivity contribution >= 4 is 15.7 Å². The highest BCUT2D eigenvalue weighted by Gasteiger charge is 2.28. The van der Waals surface area contributed by atoms with Crippen LogP contribution in [0.2, 0.25) is 0 Å². The lowest BCUT2D eigenvalue weighted by atomic mass is 10.2. The number of carbonyl (C=O) groups excluding carboxylic acids is 1. The van der Waals surface area contributed by atoms with Crippen LogP contribution >= 0.6 is 0 Å². The summed E-state index contributed by atoms with van der Waals surface area (Å²) >= 11 is 0. The summed E-state index contributed by atoms with van der Waals surface area (Å²) in [5.41, 5.74) is 0.379. The normalized spacial score (nSPS) is 14.7. The van der Waals surface area contributed by atoms with Gasteiger partial charge in [0.05, 0.1) is 24.0 Å². The van der Waals surface area contributed by atoms with Crippen LogP contribution in [0, 0.1) is 0 Å². The smallest absolute Gasteiger partial charge is 0.289 e. The van der Waals surface area contributed by atoms with Crippen LogP contribution in [0.1, 0.15) is 16.1 Å². The first kappa shape index (κ1) is 23.8. The Hall–Kier alpha value is -3.30. The van der Waals surface area contributed by atoms with Crippen LogP contribution in [0.5, 0.6) is 11.5 Å². The standard InChI is InChI=1S/C25H28N2O6S/c1-31-21-7-9-22(10-8-21)32-18-16-26-12-14-27(15-13-26)25(28)24-20(11-17-33-24)19-34(29,30)23-5-3-2-4-6-23/h2-11,17H,12-16,18-19H2,1H3. The second kappa shape index (κ2) is 10.8. The minimum absolute atomic E-state index is 0.0933. The van der Waals surface area contributed by atoms with Gasteiger partial charge in [0, 0.05) is 38.3 Å². The molecule has 8 nitrogen and oxygen atoms in total. The summed E-state index contributed by atoms with van der Waals surface area (Å²) in [7, 11) is -1.95. The first-order valence-corrected chi connectivity index (χ1v) is 12.7. The van der Waals surface area contributed by atoms with Crippen molar-refractivity contribution < 1.29 is 27.1 Å². The molecule has 0 saturated carbocycles. The lowest BCUT2D eigenvalue weighted by Gasteiger charge is -2.34. The van der Waals surface area contributed by atoms with E-state index < -0.39 is 9.84 Å². The molecule has 9 heteroatoms. The van der Waals surface area contributed by atoms with E-state index in [1.54, 1.807) is 48.4 Å². The Bertz CT molecular complexity index is 1180. The van der Waals surface area contributed by atoms with E-state index in [0.29, 0.717) is 38.3 Å².